The molecule has 2 aromatic rings. The third-order valence-corrected chi connectivity index (χ3v) is 2.77. The Labute approximate surface area is 94.1 Å². The summed E-state index contributed by atoms with van der Waals surface area (Å²) in [6, 6.07) is 10.1. The van der Waals surface area contributed by atoms with Crippen molar-refractivity contribution in [3.05, 3.63) is 41.6 Å². The highest BCUT2D eigenvalue weighted by atomic mass is 16.5. The van der Waals surface area contributed by atoms with Gasteiger partial charge in [0.25, 0.3) is 0 Å². The number of hydrogen-bond acceptors (Lipinski definition) is 3. The van der Waals surface area contributed by atoms with Gasteiger partial charge < -0.3 is 4.74 Å². The van der Waals surface area contributed by atoms with Crippen LogP contribution in [0.2, 0.25) is 0 Å². The molecule has 0 saturated carbocycles. The highest BCUT2D eigenvalue weighted by molar-refractivity contribution is 5.70. The summed E-state index contributed by atoms with van der Waals surface area (Å²) >= 11 is 0. The molecule has 0 saturated heterocycles. The highest BCUT2D eigenvalue weighted by Crippen LogP contribution is 2.33. The molecule has 0 bridgehead atoms. The molecule has 0 radical (unpaired) electrons. The van der Waals surface area contributed by atoms with Gasteiger partial charge in [-0.25, -0.2) is 0 Å². The van der Waals surface area contributed by atoms with Gasteiger partial charge in [0.05, 0.1) is 18.0 Å². The van der Waals surface area contributed by atoms with Crippen molar-refractivity contribution in [2.45, 2.75) is 13.3 Å². The van der Waals surface area contributed by atoms with E-state index in [4.69, 9.17) is 4.74 Å². The van der Waals surface area contributed by atoms with E-state index in [0.29, 0.717) is 6.61 Å². The Morgan fingerprint density at radius 2 is 2.06 bits per heavy atom. The number of rotatable bonds is 0. The molecular weight excluding hydrogens is 200 g/mol. The molecule has 0 spiro atoms. The molecule has 16 heavy (non-hydrogen) atoms. The summed E-state index contributed by atoms with van der Waals surface area (Å²) in [7, 11) is 0. The van der Waals surface area contributed by atoms with Gasteiger partial charge in [0.15, 0.2) is 0 Å². The zero-order valence-electron chi connectivity index (χ0n) is 9.10. The Kier molecular flexibility index (Phi) is 2.10. The van der Waals surface area contributed by atoms with Gasteiger partial charge in [-0.1, -0.05) is 12.1 Å². The van der Waals surface area contributed by atoms with Crippen molar-refractivity contribution < 1.29 is 4.74 Å². The predicted molar refractivity (Wildman–Crippen MR) is 61.4 cm³/mol. The smallest absolute Gasteiger partial charge is 0.128 e. The molecule has 1 aliphatic rings. The zero-order valence-corrected chi connectivity index (χ0v) is 9.10. The molecule has 3 nitrogen and oxygen atoms in total. The van der Waals surface area contributed by atoms with E-state index in [1.54, 1.807) is 0 Å². The Hall–Kier alpha value is -1.90. The topological polar surface area (TPSA) is 35.0 Å². The fraction of sp³-hybridized carbons (Fsp3) is 0.231. The van der Waals surface area contributed by atoms with Crippen LogP contribution in [0.1, 0.15) is 11.3 Å². The van der Waals surface area contributed by atoms with Crippen molar-refractivity contribution >= 4 is 0 Å². The summed E-state index contributed by atoms with van der Waals surface area (Å²) in [5, 5.41) is 8.42. The molecule has 1 aromatic carbocycles. The van der Waals surface area contributed by atoms with Crippen molar-refractivity contribution in [1.29, 1.82) is 0 Å². The second-order valence-corrected chi connectivity index (χ2v) is 3.95. The molecule has 80 valence electrons. The summed E-state index contributed by atoms with van der Waals surface area (Å²) in [5.74, 6) is 0.902. The van der Waals surface area contributed by atoms with Crippen LogP contribution in [0, 0.1) is 6.92 Å². The fourth-order valence-electron chi connectivity index (χ4n) is 2.02. The van der Waals surface area contributed by atoms with Gasteiger partial charge in [0.2, 0.25) is 0 Å². The number of aromatic nitrogens is 2. The van der Waals surface area contributed by atoms with Crippen LogP contribution in [0.3, 0.4) is 0 Å². The molecule has 1 aliphatic heterocycles. The monoisotopic (exact) mass is 212 g/mol. The lowest BCUT2D eigenvalue weighted by Crippen LogP contribution is -2.00. The minimum absolute atomic E-state index is 0.704. The summed E-state index contributed by atoms with van der Waals surface area (Å²) in [6.07, 6.45) is 0.889. The minimum atomic E-state index is 0.704. The molecule has 0 aliphatic carbocycles. The quantitative estimate of drug-likeness (QED) is 0.672. The van der Waals surface area contributed by atoms with Crippen LogP contribution in [0.25, 0.3) is 11.3 Å². The van der Waals surface area contributed by atoms with Crippen molar-refractivity contribution in [2.24, 2.45) is 0 Å². The molecule has 0 atom stereocenters. The number of hydrogen-bond donors (Lipinski definition) is 0. The van der Waals surface area contributed by atoms with Crippen LogP contribution < -0.4 is 4.74 Å². The number of benzene rings is 1. The molecule has 1 aromatic heterocycles. The minimum Gasteiger partial charge on any atom is -0.493 e. The summed E-state index contributed by atoms with van der Waals surface area (Å²) < 4.78 is 5.70. The molecular formula is C13H12N2O. The Morgan fingerprint density at radius 3 is 3.00 bits per heavy atom. The van der Waals surface area contributed by atoms with Gasteiger partial charge in [-0.3, -0.25) is 0 Å². The van der Waals surface area contributed by atoms with Crippen molar-refractivity contribution in [3.8, 4) is 17.0 Å². The van der Waals surface area contributed by atoms with Crippen LogP contribution in [-0.2, 0) is 6.42 Å². The maximum absolute atomic E-state index is 5.70. The number of aryl methyl sites for hydroxylation is 1. The Balaban J connectivity index is 2.25. The predicted octanol–water partition coefficient (Wildman–Crippen LogP) is 2.39. The van der Waals surface area contributed by atoms with Gasteiger partial charge in [0.1, 0.15) is 5.75 Å². The number of fused-ring (bicyclic) bond motifs is 3. The highest BCUT2D eigenvalue weighted by Gasteiger charge is 2.16. The van der Waals surface area contributed by atoms with E-state index in [0.717, 1.165) is 29.1 Å². The first-order chi connectivity index (χ1) is 7.84. The molecule has 0 unspecified atom stereocenters. The van der Waals surface area contributed by atoms with Gasteiger partial charge in [0, 0.05) is 12.0 Å². The van der Waals surface area contributed by atoms with Crippen LogP contribution >= 0.6 is 0 Å². The number of ether oxygens (including phenoxy) is 1. The third kappa shape index (κ3) is 1.45. The first kappa shape index (κ1) is 9.33. The van der Waals surface area contributed by atoms with E-state index in [2.05, 4.69) is 16.3 Å². The summed E-state index contributed by atoms with van der Waals surface area (Å²) in [4.78, 5) is 0. The second-order valence-electron chi connectivity index (χ2n) is 3.95. The van der Waals surface area contributed by atoms with Crippen LogP contribution in [0.5, 0.6) is 5.75 Å². The molecule has 0 N–H and O–H groups in total. The molecule has 0 fully saturated rings. The first-order valence-electron chi connectivity index (χ1n) is 5.40. The molecule has 0 amide bonds. The third-order valence-electron chi connectivity index (χ3n) is 2.77. The van der Waals surface area contributed by atoms with Gasteiger partial charge in [-0.15, -0.1) is 5.10 Å². The number of para-hydroxylation sites is 1. The van der Waals surface area contributed by atoms with Gasteiger partial charge in [-0.05, 0) is 30.7 Å². The van der Waals surface area contributed by atoms with Crippen molar-refractivity contribution in [1.82, 2.24) is 10.2 Å². The Bertz CT molecular complexity index is 537. The van der Waals surface area contributed by atoms with Crippen LogP contribution in [0.4, 0.5) is 0 Å². The average Bonchev–Trinajstić information content (AvgIpc) is 2.47. The maximum Gasteiger partial charge on any atom is 0.128 e. The Morgan fingerprint density at radius 1 is 1.19 bits per heavy atom. The molecule has 2 heterocycles. The van der Waals surface area contributed by atoms with E-state index >= 15 is 0 Å². The number of nitrogens with zero attached hydrogens (tertiary/aromatic N) is 2. The first-order valence-corrected chi connectivity index (χ1v) is 5.40. The summed E-state index contributed by atoms with van der Waals surface area (Å²) in [5.41, 5.74) is 4.18. The summed E-state index contributed by atoms with van der Waals surface area (Å²) in [6.45, 7) is 2.67. The van der Waals surface area contributed by atoms with E-state index in [1.807, 2.05) is 31.2 Å². The largest absolute Gasteiger partial charge is 0.493 e. The van der Waals surface area contributed by atoms with Crippen LogP contribution in [0.15, 0.2) is 30.3 Å². The van der Waals surface area contributed by atoms with Gasteiger partial charge in [-0.2, -0.15) is 5.10 Å². The fourth-order valence-corrected chi connectivity index (χ4v) is 2.02. The zero-order chi connectivity index (χ0) is 11.0. The lowest BCUT2D eigenvalue weighted by atomic mass is 10.0. The SMILES string of the molecule is Cc1cc2c(nn1)-c1ccccc1OCC2. The second kappa shape index (κ2) is 3.59. The lowest BCUT2D eigenvalue weighted by molar-refractivity contribution is 0.326. The maximum atomic E-state index is 5.70. The van der Waals surface area contributed by atoms with Gasteiger partial charge >= 0.3 is 0 Å². The van der Waals surface area contributed by atoms with E-state index in [9.17, 15) is 0 Å². The van der Waals surface area contributed by atoms with Crippen molar-refractivity contribution in [3.63, 3.8) is 0 Å². The molecule has 3 heteroatoms. The standard InChI is InChI=1S/C13H12N2O/c1-9-8-10-6-7-16-12-5-3-2-4-11(12)13(10)15-14-9/h2-5,8H,6-7H2,1H3. The average molecular weight is 212 g/mol. The van der Waals surface area contributed by atoms with E-state index in [-0.39, 0.29) is 0 Å². The van der Waals surface area contributed by atoms with Crippen LogP contribution in [-0.4, -0.2) is 16.8 Å². The normalized spacial score (nSPS) is 13.3. The lowest BCUT2D eigenvalue weighted by Gasteiger charge is -2.06. The van der Waals surface area contributed by atoms with E-state index in [1.165, 1.54) is 5.56 Å². The van der Waals surface area contributed by atoms with E-state index < -0.39 is 0 Å². The molecule has 3 rings (SSSR count). The van der Waals surface area contributed by atoms with Crippen molar-refractivity contribution in [2.75, 3.05) is 6.61 Å².